The Hall–Kier alpha value is -2.22. The van der Waals surface area contributed by atoms with Crippen LogP contribution < -0.4 is 25.6 Å². The van der Waals surface area contributed by atoms with Crippen LogP contribution in [-0.4, -0.2) is 24.7 Å². The summed E-state index contributed by atoms with van der Waals surface area (Å²) in [4.78, 5) is 11.8. The minimum Gasteiger partial charge on any atom is -0.497 e. The third-order valence-corrected chi connectivity index (χ3v) is 3.94. The molecule has 0 heterocycles. The minimum absolute atomic E-state index is 0.222. The summed E-state index contributed by atoms with van der Waals surface area (Å²) < 4.78 is 10.4. The largest absolute Gasteiger partial charge is 0.497 e. The highest BCUT2D eigenvalue weighted by molar-refractivity contribution is 7.80. The van der Waals surface area contributed by atoms with Gasteiger partial charge in [-0.1, -0.05) is 29.3 Å². The average Bonchev–Trinajstić information content (AvgIpc) is 2.62. The molecule has 0 bridgehead atoms. The second-order valence-corrected chi connectivity index (χ2v) is 5.89. The number of anilines is 1. The third-order valence-electron chi connectivity index (χ3n) is 2.94. The number of methoxy groups -OCH3 is 1. The number of hydrogen-bond donors (Lipinski definition) is 3. The highest BCUT2D eigenvalue weighted by Crippen LogP contribution is 2.31. The van der Waals surface area contributed by atoms with E-state index in [4.69, 9.17) is 44.9 Å². The Morgan fingerprint density at radius 3 is 2.52 bits per heavy atom. The molecule has 0 aliphatic heterocycles. The number of rotatable bonds is 5. The number of hydrogen-bond acceptors (Lipinski definition) is 4. The van der Waals surface area contributed by atoms with Gasteiger partial charge in [-0.3, -0.25) is 15.6 Å². The molecular formula is C16H15Cl2N3O3S. The summed E-state index contributed by atoms with van der Waals surface area (Å²) in [6.07, 6.45) is 0. The van der Waals surface area contributed by atoms with Gasteiger partial charge in [0.25, 0.3) is 5.91 Å². The first-order valence-corrected chi connectivity index (χ1v) is 8.22. The van der Waals surface area contributed by atoms with Crippen molar-refractivity contribution >= 4 is 52.1 Å². The number of amides is 1. The van der Waals surface area contributed by atoms with Crippen LogP contribution >= 0.6 is 35.4 Å². The molecule has 0 atom stereocenters. The normalized spacial score (nSPS) is 9.88. The maximum atomic E-state index is 11.8. The van der Waals surface area contributed by atoms with E-state index in [9.17, 15) is 4.79 Å². The quantitative estimate of drug-likeness (QED) is 0.528. The van der Waals surface area contributed by atoms with Crippen molar-refractivity contribution in [1.29, 1.82) is 0 Å². The number of ether oxygens (including phenoxy) is 2. The van der Waals surface area contributed by atoms with Crippen LogP contribution in [0.3, 0.4) is 0 Å². The molecule has 0 spiro atoms. The Labute approximate surface area is 160 Å². The second-order valence-electron chi connectivity index (χ2n) is 4.70. The van der Waals surface area contributed by atoms with Gasteiger partial charge in [0.15, 0.2) is 11.7 Å². The summed E-state index contributed by atoms with van der Waals surface area (Å²) in [5, 5.41) is 3.73. The van der Waals surface area contributed by atoms with Crippen LogP contribution in [0.25, 0.3) is 0 Å². The van der Waals surface area contributed by atoms with E-state index in [0.29, 0.717) is 10.8 Å². The van der Waals surface area contributed by atoms with E-state index in [1.165, 1.54) is 0 Å². The molecule has 25 heavy (non-hydrogen) atoms. The Bertz CT molecular complexity index is 757. The molecule has 0 saturated carbocycles. The average molecular weight is 400 g/mol. The standard InChI is InChI=1S/C16H15Cl2N3O3S/c1-23-11-7-5-10(6-8-11)19-16(25)21-20-14(22)9-24-13-4-2-3-12(17)15(13)18/h2-8H,9H2,1H3,(H,20,22)(H2,19,21,25). The molecule has 0 aliphatic rings. The number of nitrogens with one attached hydrogen (secondary N) is 3. The Balaban J connectivity index is 1.75. The van der Waals surface area contributed by atoms with Crippen LogP contribution in [0.4, 0.5) is 5.69 Å². The molecule has 2 aromatic carbocycles. The highest BCUT2D eigenvalue weighted by atomic mass is 35.5. The summed E-state index contributed by atoms with van der Waals surface area (Å²) in [6, 6.07) is 12.1. The predicted molar refractivity (Wildman–Crippen MR) is 102 cm³/mol. The number of carbonyl (C=O) groups is 1. The Morgan fingerprint density at radius 1 is 1.12 bits per heavy atom. The lowest BCUT2D eigenvalue weighted by atomic mass is 10.3. The van der Waals surface area contributed by atoms with E-state index in [2.05, 4.69) is 16.2 Å². The number of halogens is 2. The number of thiocarbonyl (C=S) groups is 1. The molecule has 0 aliphatic carbocycles. The smallest absolute Gasteiger partial charge is 0.276 e. The monoisotopic (exact) mass is 399 g/mol. The van der Waals surface area contributed by atoms with Gasteiger partial charge in [0.1, 0.15) is 16.5 Å². The van der Waals surface area contributed by atoms with Gasteiger partial charge < -0.3 is 14.8 Å². The molecule has 3 N–H and O–H groups in total. The fraction of sp³-hybridized carbons (Fsp3) is 0.125. The van der Waals surface area contributed by atoms with Crippen molar-refractivity contribution in [1.82, 2.24) is 10.9 Å². The Morgan fingerprint density at radius 2 is 1.84 bits per heavy atom. The maximum Gasteiger partial charge on any atom is 0.276 e. The molecule has 0 saturated heterocycles. The van der Waals surface area contributed by atoms with E-state index in [-0.39, 0.29) is 16.7 Å². The molecule has 2 aromatic rings. The highest BCUT2D eigenvalue weighted by Gasteiger charge is 2.08. The van der Waals surface area contributed by atoms with E-state index >= 15 is 0 Å². The van der Waals surface area contributed by atoms with Crippen molar-refractivity contribution in [3.8, 4) is 11.5 Å². The van der Waals surface area contributed by atoms with Crippen LogP contribution in [0.5, 0.6) is 11.5 Å². The molecule has 0 fully saturated rings. The van der Waals surface area contributed by atoms with Crippen LogP contribution in [0.2, 0.25) is 10.0 Å². The van der Waals surface area contributed by atoms with Crippen molar-refractivity contribution in [2.24, 2.45) is 0 Å². The molecule has 1 amide bonds. The zero-order valence-electron chi connectivity index (χ0n) is 13.1. The number of carbonyl (C=O) groups excluding carboxylic acids is 1. The second kappa shape index (κ2) is 9.31. The molecule has 2 rings (SSSR count). The van der Waals surface area contributed by atoms with Gasteiger partial charge in [0, 0.05) is 5.69 Å². The Kier molecular flexibility index (Phi) is 7.12. The molecule has 0 aromatic heterocycles. The summed E-state index contributed by atoms with van der Waals surface area (Å²) in [7, 11) is 1.59. The summed E-state index contributed by atoms with van der Waals surface area (Å²) in [5.41, 5.74) is 5.73. The molecule has 9 heteroatoms. The van der Waals surface area contributed by atoms with Crippen LogP contribution in [0.1, 0.15) is 0 Å². The molecular weight excluding hydrogens is 385 g/mol. The van der Waals surface area contributed by atoms with E-state index in [0.717, 1.165) is 11.4 Å². The molecule has 0 radical (unpaired) electrons. The van der Waals surface area contributed by atoms with Crippen LogP contribution in [0.15, 0.2) is 42.5 Å². The van der Waals surface area contributed by atoms with Crippen molar-refractivity contribution in [2.45, 2.75) is 0 Å². The van der Waals surface area contributed by atoms with Crippen molar-refractivity contribution < 1.29 is 14.3 Å². The first-order valence-electron chi connectivity index (χ1n) is 7.06. The zero-order valence-corrected chi connectivity index (χ0v) is 15.5. The molecule has 132 valence electrons. The van der Waals surface area contributed by atoms with Gasteiger partial charge in [-0.05, 0) is 48.6 Å². The summed E-state index contributed by atoms with van der Waals surface area (Å²) in [6.45, 7) is -0.252. The SMILES string of the molecule is COc1ccc(NC(=S)NNC(=O)COc2cccc(Cl)c2Cl)cc1. The van der Waals surface area contributed by atoms with Crippen molar-refractivity contribution in [3.63, 3.8) is 0 Å². The fourth-order valence-corrected chi connectivity index (χ4v) is 2.25. The first kappa shape index (κ1) is 19.1. The maximum absolute atomic E-state index is 11.8. The predicted octanol–water partition coefficient (Wildman–Crippen LogP) is 3.40. The van der Waals surface area contributed by atoms with Crippen molar-refractivity contribution in [3.05, 3.63) is 52.5 Å². The van der Waals surface area contributed by atoms with E-state index in [1.807, 2.05) is 0 Å². The zero-order chi connectivity index (χ0) is 18.2. The van der Waals surface area contributed by atoms with Gasteiger partial charge in [0.2, 0.25) is 0 Å². The van der Waals surface area contributed by atoms with Gasteiger partial charge in [0.05, 0.1) is 12.1 Å². The minimum atomic E-state index is -0.435. The summed E-state index contributed by atoms with van der Waals surface area (Å²) in [5.74, 6) is 0.618. The van der Waals surface area contributed by atoms with Crippen LogP contribution in [-0.2, 0) is 4.79 Å². The lowest BCUT2D eigenvalue weighted by Gasteiger charge is -2.13. The summed E-state index contributed by atoms with van der Waals surface area (Å²) >= 11 is 16.9. The molecule has 6 nitrogen and oxygen atoms in total. The van der Waals surface area contributed by atoms with E-state index in [1.54, 1.807) is 49.6 Å². The lowest BCUT2D eigenvalue weighted by Crippen LogP contribution is -2.45. The molecule has 0 unspecified atom stereocenters. The van der Waals surface area contributed by atoms with Gasteiger partial charge in [-0.2, -0.15) is 0 Å². The van der Waals surface area contributed by atoms with Crippen LogP contribution in [0, 0.1) is 0 Å². The van der Waals surface area contributed by atoms with Gasteiger partial charge in [-0.15, -0.1) is 0 Å². The number of benzene rings is 2. The lowest BCUT2D eigenvalue weighted by molar-refractivity contribution is -0.123. The third kappa shape index (κ3) is 5.97. The fourth-order valence-electron chi connectivity index (χ4n) is 1.74. The van der Waals surface area contributed by atoms with E-state index < -0.39 is 5.91 Å². The van der Waals surface area contributed by atoms with Gasteiger partial charge in [-0.25, -0.2) is 0 Å². The van der Waals surface area contributed by atoms with Crippen molar-refractivity contribution in [2.75, 3.05) is 19.0 Å². The number of hydrazine groups is 1. The topological polar surface area (TPSA) is 71.6 Å². The van der Waals surface area contributed by atoms with Gasteiger partial charge >= 0.3 is 0 Å². The first-order chi connectivity index (χ1) is 12.0.